The number of carboxylic acids is 1. The first kappa shape index (κ1) is 39.1. The zero-order valence-electron chi connectivity index (χ0n) is 33.2. The number of fused-ring (bicyclic) bond motifs is 4. The molecule has 0 bridgehead atoms. The van der Waals surface area contributed by atoms with Gasteiger partial charge in [0.25, 0.3) is 0 Å². The van der Waals surface area contributed by atoms with Gasteiger partial charge in [-0.3, -0.25) is 0 Å². The average molecular weight is 801 g/mol. The summed E-state index contributed by atoms with van der Waals surface area (Å²) >= 11 is 0. The minimum Gasteiger partial charge on any atom is -0.478 e. The Labute approximate surface area is 340 Å². The van der Waals surface area contributed by atoms with E-state index in [0.29, 0.717) is 45.7 Å². The van der Waals surface area contributed by atoms with Crippen molar-refractivity contribution in [3.8, 4) is 45.5 Å². The predicted molar refractivity (Wildman–Crippen MR) is 221 cm³/mol. The number of aliphatic hydroxyl groups is 1. The number of hydrogen-bond acceptors (Lipinski definition) is 14. The fraction of sp³-hybridized carbons (Fsp3) is 0.318. The van der Waals surface area contributed by atoms with E-state index in [0.717, 1.165) is 97.0 Å². The first-order chi connectivity index (χ1) is 28.7. The Kier molecular flexibility index (Phi) is 11.0. The quantitative estimate of drug-likeness (QED) is 0.163. The number of benzene rings is 4. The molecule has 4 aliphatic rings. The third kappa shape index (κ3) is 7.68. The minimum absolute atomic E-state index is 0.207. The lowest BCUT2D eigenvalue weighted by Gasteiger charge is -2.25. The van der Waals surface area contributed by atoms with E-state index in [-0.39, 0.29) is 25.1 Å². The number of aliphatic hydroxyl groups excluding tert-OH is 1. The van der Waals surface area contributed by atoms with Crippen molar-refractivity contribution in [2.45, 2.75) is 51.6 Å². The molecule has 6 aromatic rings. The summed E-state index contributed by atoms with van der Waals surface area (Å²) in [5.41, 5.74) is 6.70. The number of esters is 1. The lowest BCUT2D eigenvalue weighted by molar-refractivity contribution is 0.0600. The van der Waals surface area contributed by atoms with Crippen LogP contribution < -0.4 is 28.7 Å². The van der Waals surface area contributed by atoms with Gasteiger partial charge in [0, 0.05) is 43.4 Å². The molecule has 4 aromatic carbocycles. The van der Waals surface area contributed by atoms with E-state index in [1.165, 1.54) is 7.11 Å². The SMILES string of the molecule is CO.COC(=O)c1ccc2nc(-c3ccc4c(c3)OCO4)c(N3CCC[C@@H]3C)nc2c1.C[C@H]1CCCN1c1nc2cc(C(=O)O)ccc2nc1-c1ccc2c(c1)OCO2. The van der Waals surface area contributed by atoms with E-state index < -0.39 is 5.97 Å². The molecular weight excluding hydrogens is 757 g/mol. The smallest absolute Gasteiger partial charge is 0.337 e. The van der Waals surface area contributed by atoms with Gasteiger partial charge >= 0.3 is 11.9 Å². The summed E-state index contributed by atoms with van der Waals surface area (Å²) in [6.45, 7) is 6.65. The van der Waals surface area contributed by atoms with Gasteiger partial charge in [-0.05, 0) is 112 Å². The number of nitrogens with zero attached hydrogens (tertiary/aromatic N) is 6. The van der Waals surface area contributed by atoms with Crippen molar-refractivity contribution in [1.29, 1.82) is 0 Å². The zero-order valence-corrected chi connectivity index (χ0v) is 33.2. The molecular formula is C44H44N6O9. The van der Waals surface area contributed by atoms with Crippen molar-refractivity contribution in [3.63, 3.8) is 0 Å². The summed E-state index contributed by atoms with van der Waals surface area (Å²) in [5, 5.41) is 16.3. The number of methoxy groups -OCH3 is 1. The van der Waals surface area contributed by atoms with E-state index in [4.69, 9.17) is 48.7 Å². The molecule has 0 saturated carbocycles. The van der Waals surface area contributed by atoms with Crippen molar-refractivity contribution >= 4 is 45.6 Å². The number of carbonyl (C=O) groups excluding carboxylic acids is 1. The number of hydrogen-bond donors (Lipinski definition) is 2. The van der Waals surface area contributed by atoms with Crippen LogP contribution >= 0.6 is 0 Å². The van der Waals surface area contributed by atoms with Crippen molar-refractivity contribution in [2.24, 2.45) is 0 Å². The molecule has 2 fully saturated rings. The lowest BCUT2D eigenvalue weighted by atomic mass is 10.1. The van der Waals surface area contributed by atoms with E-state index in [1.807, 2.05) is 42.5 Å². The van der Waals surface area contributed by atoms with Crippen molar-refractivity contribution in [2.75, 3.05) is 50.7 Å². The monoisotopic (exact) mass is 800 g/mol. The molecule has 15 nitrogen and oxygen atoms in total. The van der Waals surface area contributed by atoms with Gasteiger partial charge in [-0.15, -0.1) is 0 Å². The van der Waals surface area contributed by atoms with Crippen LogP contribution in [-0.2, 0) is 4.74 Å². The first-order valence-electron chi connectivity index (χ1n) is 19.5. The standard InChI is InChI=1S/C22H21N3O4.C21H19N3O4.CH4O/c1-13-4-3-9-25(13)21-20(14-6-8-18-19(11-14)29-12-28-18)23-16-7-5-15(22(26)27-2)10-17(16)24-21;1-12-3-2-8-24(12)20-19(13-5-7-17-18(10-13)28-11-27-17)22-15-6-4-14(21(25)26)9-16(15)23-20;1-2/h5-8,10-11,13H,3-4,9,12H2,1-2H3;4-7,9-10,12H,2-3,8,11H2,1H3,(H,25,26);2H,1H3/t13-;12-;/m00./s1. The van der Waals surface area contributed by atoms with Crippen LogP contribution in [0, 0.1) is 0 Å². The summed E-state index contributed by atoms with van der Waals surface area (Å²) in [5.74, 6) is 3.11. The van der Waals surface area contributed by atoms with Crippen LogP contribution in [0.3, 0.4) is 0 Å². The first-order valence-corrected chi connectivity index (χ1v) is 19.5. The number of aromatic carboxylic acids is 1. The summed E-state index contributed by atoms with van der Waals surface area (Å²) in [6, 6.07) is 22.4. The maximum atomic E-state index is 11.9. The largest absolute Gasteiger partial charge is 0.478 e. The normalized spacial score (nSPS) is 17.4. The molecule has 4 aliphatic heterocycles. The van der Waals surface area contributed by atoms with Crippen molar-refractivity contribution < 1.29 is 43.5 Å². The van der Waals surface area contributed by atoms with Gasteiger partial charge in [0.05, 0.1) is 40.3 Å². The highest BCUT2D eigenvalue weighted by Gasteiger charge is 2.29. The Balaban J connectivity index is 0.000000158. The van der Waals surface area contributed by atoms with Crippen molar-refractivity contribution in [3.05, 3.63) is 83.9 Å². The van der Waals surface area contributed by atoms with E-state index in [9.17, 15) is 14.7 Å². The van der Waals surface area contributed by atoms with Crippen molar-refractivity contribution in [1.82, 2.24) is 19.9 Å². The summed E-state index contributed by atoms with van der Waals surface area (Å²) < 4.78 is 26.8. The molecule has 59 heavy (non-hydrogen) atoms. The van der Waals surface area contributed by atoms with E-state index in [2.05, 4.69) is 23.6 Å². The maximum Gasteiger partial charge on any atom is 0.337 e. The van der Waals surface area contributed by atoms with E-state index in [1.54, 1.807) is 30.3 Å². The highest BCUT2D eigenvalue weighted by Crippen LogP contribution is 2.41. The maximum absolute atomic E-state index is 11.9. The third-order valence-corrected chi connectivity index (χ3v) is 10.9. The summed E-state index contributed by atoms with van der Waals surface area (Å²) in [7, 11) is 2.37. The van der Waals surface area contributed by atoms with Gasteiger partial charge in [-0.2, -0.15) is 0 Å². The Bertz CT molecular complexity index is 2570. The van der Waals surface area contributed by atoms with E-state index >= 15 is 0 Å². The molecule has 2 aromatic heterocycles. The lowest BCUT2D eigenvalue weighted by Crippen LogP contribution is -2.28. The molecule has 2 atom stereocenters. The summed E-state index contributed by atoms with van der Waals surface area (Å²) in [6.07, 6.45) is 4.41. The number of ether oxygens (including phenoxy) is 5. The molecule has 0 radical (unpaired) electrons. The molecule has 0 amide bonds. The molecule has 2 N–H and O–H groups in total. The Morgan fingerprint density at radius 2 is 1.07 bits per heavy atom. The minimum atomic E-state index is -0.973. The fourth-order valence-corrected chi connectivity index (χ4v) is 7.84. The molecule has 2 saturated heterocycles. The van der Waals surface area contributed by atoms with Crippen LogP contribution in [0.5, 0.6) is 23.0 Å². The molecule has 10 rings (SSSR count). The van der Waals surface area contributed by atoms with Gasteiger partial charge in [-0.25, -0.2) is 29.5 Å². The van der Waals surface area contributed by atoms with Crippen LogP contribution in [0.25, 0.3) is 44.6 Å². The van der Waals surface area contributed by atoms with Crippen LogP contribution in [0.2, 0.25) is 0 Å². The van der Waals surface area contributed by atoms with Gasteiger partial charge in [0.15, 0.2) is 34.6 Å². The molecule has 0 spiro atoms. The van der Waals surface area contributed by atoms with Gasteiger partial charge in [-0.1, -0.05) is 0 Å². The van der Waals surface area contributed by atoms with Crippen LogP contribution in [-0.4, -0.2) is 95.1 Å². The molecule has 304 valence electrons. The van der Waals surface area contributed by atoms with Gasteiger partial charge < -0.3 is 43.7 Å². The topological polar surface area (TPSA) is 179 Å². The van der Waals surface area contributed by atoms with Gasteiger partial charge in [0.1, 0.15) is 11.4 Å². The van der Waals surface area contributed by atoms with Crippen LogP contribution in [0.4, 0.5) is 11.6 Å². The number of aromatic nitrogens is 4. The Morgan fingerprint density at radius 1 is 0.610 bits per heavy atom. The third-order valence-electron chi connectivity index (χ3n) is 10.9. The van der Waals surface area contributed by atoms with Crippen LogP contribution in [0.15, 0.2) is 72.8 Å². The predicted octanol–water partition coefficient (Wildman–Crippen LogP) is 7.12. The molecule has 0 aliphatic carbocycles. The molecule has 6 heterocycles. The number of carbonyl (C=O) groups is 2. The second-order valence-electron chi connectivity index (χ2n) is 14.5. The molecule has 0 unspecified atom stereocenters. The average Bonchev–Trinajstić information content (AvgIpc) is 4.11. The Morgan fingerprint density at radius 3 is 1.51 bits per heavy atom. The highest BCUT2D eigenvalue weighted by atomic mass is 16.7. The number of rotatable bonds is 6. The highest BCUT2D eigenvalue weighted by molar-refractivity contribution is 5.95. The number of anilines is 2. The molecule has 15 heteroatoms. The second kappa shape index (κ2) is 16.6. The number of carboxylic acid groups (broad SMARTS) is 1. The van der Waals surface area contributed by atoms with Crippen LogP contribution in [0.1, 0.15) is 60.2 Å². The second-order valence-corrected chi connectivity index (χ2v) is 14.5. The Hall–Kier alpha value is -6.74. The summed E-state index contributed by atoms with van der Waals surface area (Å²) in [4.78, 5) is 47.4. The van der Waals surface area contributed by atoms with Gasteiger partial charge in [0.2, 0.25) is 13.6 Å². The fourth-order valence-electron chi connectivity index (χ4n) is 7.84. The zero-order chi connectivity index (χ0) is 41.2.